The Labute approximate surface area is 124 Å². The van der Waals surface area contributed by atoms with Gasteiger partial charge < -0.3 is 4.90 Å². The molecule has 0 spiro atoms. The lowest BCUT2D eigenvalue weighted by Gasteiger charge is -2.29. The number of carbonyl (C=O) groups is 1. The molecule has 1 unspecified atom stereocenters. The van der Waals surface area contributed by atoms with Crippen LogP contribution in [0.1, 0.15) is 54.9 Å². The standard InChI is InChI=1S/C16H22BrNO/c1-3-14-7-5-4-6-10-18(14)16(19)13-9-8-12(2)15(17)11-13/h8-9,11,14H,3-7,10H2,1-2H3. The summed E-state index contributed by atoms with van der Waals surface area (Å²) >= 11 is 3.52. The maximum Gasteiger partial charge on any atom is 0.254 e. The summed E-state index contributed by atoms with van der Waals surface area (Å²) < 4.78 is 1.02. The minimum Gasteiger partial charge on any atom is -0.336 e. The van der Waals surface area contributed by atoms with Crippen molar-refractivity contribution in [2.24, 2.45) is 0 Å². The number of hydrogen-bond acceptors (Lipinski definition) is 1. The second kappa shape index (κ2) is 6.56. The third-order valence-corrected chi connectivity index (χ3v) is 4.88. The zero-order valence-electron chi connectivity index (χ0n) is 11.8. The molecule has 1 aliphatic heterocycles. The molecule has 0 aliphatic carbocycles. The molecule has 0 radical (unpaired) electrons. The monoisotopic (exact) mass is 323 g/mol. The molecule has 3 heteroatoms. The molecule has 0 saturated carbocycles. The quantitative estimate of drug-likeness (QED) is 0.781. The number of hydrogen-bond donors (Lipinski definition) is 0. The summed E-state index contributed by atoms with van der Waals surface area (Å²) in [6.07, 6.45) is 5.83. The van der Waals surface area contributed by atoms with Gasteiger partial charge in [-0.05, 0) is 43.9 Å². The summed E-state index contributed by atoms with van der Waals surface area (Å²) in [7, 11) is 0. The third kappa shape index (κ3) is 3.38. The summed E-state index contributed by atoms with van der Waals surface area (Å²) in [5, 5.41) is 0. The predicted molar refractivity (Wildman–Crippen MR) is 82.5 cm³/mol. The van der Waals surface area contributed by atoms with Crippen LogP contribution in [-0.2, 0) is 0 Å². The van der Waals surface area contributed by atoms with Gasteiger partial charge in [-0.1, -0.05) is 41.8 Å². The van der Waals surface area contributed by atoms with E-state index in [2.05, 4.69) is 27.8 Å². The fourth-order valence-corrected chi connectivity index (χ4v) is 3.14. The number of carbonyl (C=O) groups excluding carboxylic acids is 1. The minimum atomic E-state index is 0.189. The number of benzene rings is 1. The molecule has 1 aliphatic rings. The van der Waals surface area contributed by atoms with Gasteiger partial charge in [0.15, 0.2) is 0 Å². The van der Waals surface area contributed by atoms with Crippen molar-refractivity contribution in [3.63, 3.8) is 0 Å². The highest BCUT2D eigenvalue weighted by Gasteiger charge is 2.25. The molecule has 0 aromatic heterocycles. The van der Waals surface area contributed by atoms with E-state index in [9.17, 15) is 4.79 Å². The molecule has 1 aromatic carbocycles. The van der Waals surface area contributed by atoms with Crippen molar-refractivity contribution in [3.05, 3.63) is 33.8 Å². The van der Waals surface area contributed by atoms with Crippen molar-refractivity contribution >= 4 is 21.8 Å². The Bertz CT molecular complexity index is 458. The normalized spacial score (nSPS) is 20.2. The van der Waals surface area contributed by atoms with Gasteiger partial charge in [-0.2, -0.15) is 0 Å². The summed E-state index contributed by atoms with van der Waals surface area (Å²) in [6.45, 7) is 5.13. The van der Waals surface area contributed by atoms with Crippen LogP contribution < -0.4 is 0 Å². The van der Waals surface area contributed by atoms with Gasteiger partial charge in [0.2, 0.25) is 0 Å². The minimum absolute atomic E-state index is 0.189. The highest BCUT2D eigenvalue weighted by Crippen LogP contribution is 2.23. The van der Waals surface area contributed by atoms with Gasteiger partial charge in [0.05, 0.1) is 0 Å². The van der Waals surface area contributed by atoms with Crippen molar-refractivity contribution in [2.45, 2.75) is 52.0 Å². The Morgan fingerprint density at radius 1 is 1.37 bits per heavy atom. The first-order chi connectivity index (χ1) is 9.13. The Balaban J connectivity index is 2.22. The van der Waals surface area contributed by atoms with Crippen molar-refractivity contribution < 1.29 is 4.79 Å². The summed E-state index contributed by atoms with van der Waals surface area (Å²) in [4.78, 5) is 14.8. The molecule has 104 valence electrons. The van der Waals surface area contributed by atoms with E-state index in [1.54, 1.807) is 0 Å². The first kappa shape index (κ1) is 14.6. The molecule has 1 atom stereocenters. The summed E-state index contributed by atoms with van der Waals surface area (Å²) in [6, 6.07) is 6.32. The van der Waals surface area contributed by atoms with Crippen LogP contribution >= 0.6 is 15.9 Å². The Kier molecular flexibility index (Phi) is 5.03. The molecule has 1 heterocycles. The third-order valence-electron chi connectivity index (χ3n) is 4.03. The zero-order valence-corrected chi connectivity index (χ0v) is 13.4. The van der Waals surface area contributed by atoms with Crippen LogP contribution in [-0.4, -0.2) is 23.4 Å². The number of aryl methyl sites for hydroxylation is 1. The SMILES string of the molecule is CCC1CCCCCN1C(=O)c1ccc(C)c(Br)c1. The van der Waals surface area contributed by atoms with Crippen LogP contribution in [0.15, 0.2) is 22.7 Å². The van der Waals surface area contributed by atoms with Crippen LogP contribution in [0.5, 0.6) is 0 Å². The first-order valence-corrected chi connectivity index (χ1v) is 8.00. The van der Waals surface area contributed by atoms with Gasteiger partial charge in [-0.3, -0.25) is 4.79 Å². The van der Waals surface area contributed by atoms with Gasteiger partial charge in [-0.25, -0.2) is 0 Å². The van der Waals surface area contributed by atoms with Gasteiger partial charge in [-0.15, -0.1) is 0 Å². The maximum absolute atomic E-state index is 12.7. The fourth-order valence-electron chi connectivity index (χ4n) is 2.76. The average Bonchev–Trinajstić information content (AvgIpc) is 2.66. The highest BCUT2D eigenvalue weighted by atomic mass is 79.9. The Morgan fingerprint density at radius 3 is 2.84 bits per heavy atom. The zero-order chi connectivity index (χ0) is 13.8. The van der Waals surface area contributed by atoms with Crippen LogP contribution in [0.4, 0.5) is 0 Å². The number of amides is 1. The van der Waals surface area contributed by atoms with Crippen molar-refractivity contribution in [1.82, 2.24) is 4.90 Å². The molecular weight excluding hydrogens is 302 g/mol. The second-order valence-electron chi connectivity index (χ2n) is 5.37. The van der Waals surface area contributed by atoms with E-state index >= 15 is 0 Å². The van der Waals surface area contributed by atoms with Gasteiger partial charge in [0, 0.05) is 22.6 Å². The lowest BCUT2D eigenvalue weighted by molar-refractivity contribution is 0.0678. The number of nitrogens with zero attached hydrogens (tertiary/aromatic N) is 1. The molecule has 0 bridgehead atoms. The van der Waals surface area contributed by atoms with Gasteiger partial charge in [0.25, 0.3) is 5.91 Å². The number of rotatable bonds is 2. The highest BCUT2D eigenvalue weighted by molar-refractivity contribution is 9.10. The summed E-state index contributed by atoms with van der Waals surface area (Å²) in [5.41, 5.74) is 1.97. The molecule has 1 saturated heterocycles. The molecule has 1 aromatic rings. The predicted octanol–water partition coefficient (Wildman–Crippen LogP) is 4.55. The van der Waals surface area contributed by atoms with Gasteiger partial charge >= 0.3 is 0 Å². The summed E-state index contributed by atoms with van der Waals surface area (Å²) in [5.74, 6) is 0.189. The van der Waals surface area contributed by atoms with E-state index in [-0.39, 0.29) is 5.91 Å². The molecule has 19 heavy (non-hydrogen) atoms. The molecule has 1 fully saturated rings. The van der Waals surface area contributed by atoms with Crippen LogP contribution in [0, 0.1) is 6.92 Å². The van der Waals surface area contributed by atoms with Crippen LogP contribution in [0.2, 0.25) is 0 Å². The Morgan fingerprint density at radius 2 is 2.16 bits per heavy atom. The van der Waals surface area contributed by atoms with E-state index < -0.39 is 0 Å². The molecule has 0 N–H and O–H groups in total. The van der Waals surface area contributed by atoms with E-state index in [0.717, 1.165) is 35.8 Å². The number of halogens is 1. The molecular formula is C16H22BrNO. The first-order valence-electron chi connectivity index (χ1n) is 7.20. The lowest BCUT2D eigenvalue weighted by Crippen LogP contribution is -2.39. The van der Waals surface area contributed by atoms with E-state index in [0.29, 0.717) is 6.04 Å². The van der Waals surface area contributed by atoms with Crippen molar-refractivity contribution in [3.8, 4) is 0 Å². The van der Waals surface area contributed by atoms with Crippen molar-refractivity contribution in [2.75, 3.05) is 6.54 Å². The van der Waals surface area contributed by atoms with Crippen LogP contribution in [0.3, 0.4) is 0 Å². The fraction of sp³-hybridized carbons (Fsp3) is 0.562. The van der Waals surface area contributed by atoms with E-state index in [1.807, 2.05) is 25.1 Å². The smallest absolute Gasteiger partial charge is 0.254 e. The Hall–Kier alpha value is -0.830. The van der Waals surface area contributed by atoms with Crippen molar-refractivity contribution in [1.29, 1.82) is 0 Å². The number of likely N-dealkylation sites (tertiary alicyclic amines) is 1. The topological polar surface area (TPSA) is 20.3 Å². The molecule has 2 rings (SSSR count). The maximum atomic E-state index is 12.7. The molecule has 2 nitrogen and oxygen atoms in total. The van der Waals surface area contributed by atoms with Gasteiger partial charge in [0.1, 0.15) is 0 Å². The van der Waals surface area contributed by atoms with Crippen LogP contribution in [0.25, 0.3) is 0 Å². The largest absolute Gasteiger partial charge is 0.336 e. The second-order valence-corrected chi connectivity index (χ2v) is 6.23. The molecule has 1 amide bonds. The lowest BCUT2D eigenvalue weighted by atomic mass is 10.1. The van der Waals surface area contributed by atoms with E-state index in [4.69, 9.17) is 0 Å². The van der Waals surface area contributed by atoms with E-state index in [1.165, 1.54) is 18.4 Å². The average molecular weight is 324 g/mol.